The number of carbonyl (C=O) groups is 2. The lowest BCUT2D eigenvalue weighted by Gasteiger charge is -2.25. The third-order valence-corrected chi connectivity index (χ3v) is 6.63. The van der Waals surface area contributed by atoms with E-state index in [0.717, 1.165) is 35.1 Å². The normalized spacial score (nSPS) is 15.0. The molecule has 1 aliphatic rings. The maximum absolute atomic E-state index is 13.7. The summed E-state index contributed by atoms with van der Waals surface area (Å²) < 4.78 is 0. The molecule has 192 valence electrons. The quantitative estimate of drug-likeness (QED) is 0.166. The number of aryl methyl sites for hydroxylation is 1. The van der Waals surface area contributed by atoms with Crippen molar-refractivity contribution in [3.05, 3.63) is 101 Å². The molecule has 0 saturated carbocycles. The van der Waals surface area contributed by atoms with Gasteiger partial charge in [0.15, 0.2) is 5.96 Å². The van der Waals surface area contributed by atoms with E-state index < -0.39 is 12.0 Å². The van der Waals surface area contributed by atoms with Crippen LogP contribution in [0.5, 0.6) is 5.75 Å². The number of benzene rings is 3. The number of carbonyl (C=O) groups excluding carboxylic acids is 2. The van der Waals surface area contributed by atoms with Crippen molar-refractivity contribution in [3.8, 4) is 5.75 Å². The number of amides is 2. The Morgan fingerprint density at radius 3 is 2.22 bits per heavy atom. The number of phenolic OH excluding ortho intramolecular Hbond substituents is 1. The third-order valence-electron chi connectivity index (χ3n) is 6.63. The number of nitrogens with two attached hydrogens (primary N) is 2. The highest BCUT2D eigenvalue weighted by Gasteiger charge is 2.30. The average molecular weight is 500 g/mol. The van der Waals surface area contributed by atoms with E-state index in [9.17, 15) is 14.7 Å². The Morgan fingerprint density at radius 1 is 0.946 bits per heavy atom. The summed E-state index contributed by atoms with van der Waals surface area (Å²) in [6, 6.07) is 23.3. The van der Waals surface area contributed by atoms with Gasteiger partial charge in [0.25, 0.3) is 0 Å². The topological polar surface area (TPSA) is 143 Å². The highest BCUT2D eigenvalue weighted by atomic mass is 16.3. The SMILES string of the molecule is NC(N)=NCCC[C@@H](NC(=O)C(c1ccccc1)c1ccccc1)C(=O)N[C@H]1CCc2cc(O)ccc21. The van der Waals surface area contributed by atoms with E-state index in [-0.39, 0.29) is 29.6 Å². The van der Waals surface area contributed by atoms with Crippen molar-refractivity contribution in [2.45, 2.75) is 43.7 Å². The summed E-state index contributed by atoms with van der Waals surface area (Å²) in [6.07, 6.45) is 2.39. The number of hydrogen-bond acceptors (Lipinski definition) is 4. The molecule has 0 spiro atoms. The van der Waals surface area contributed by atoms with Gasteiger partial charge in [-0.3, -0.25) is 14.6 Å². The Bertz CT molecular complexity index is 1200. The van der Waals surface area contributed by atoms with Crippen molar-refractivity contribution in [1.29, 1.82) is 0 Å². The molecule has 8 heteroatoms. The van der Waals surface area contributed by atoms with E-state index in [4.69, 9.17) is 11.5 Å². The fraction of sp³-hybridized carbons (Fsp3) is 0.276. The summed E-state index contributed by atoms with van der Waals surface area (Å²) in [6.45, 7) is 0.355. The molecule has 0 heterocycles. The first-order valence-electron chi connectivity index (χ1n) is 12.5. The summed E-state index contributed by atoms with van der Waals surface area (Å²) in [5.74, 6) is -0.877. The van der Waals surface area contributed by atoms with Crippen LogP contribution in [0.3, 0.4) is 0 Å². The number of rotatable bonds is 10. The van der Waals surface area contributed by atoms with E-state index in [1.54, 1.807) is 12.1 Å². The molecule has 0 saturated heterocycles. The summed E-state index contributed by atoms with van der Waals surface area (Å²) in [7, 11) is 0. The van der Waals surface area contributed by atoms with Gasteiger partial charge in [-0.05, 0) is 60.1 Å². The van der Waals surface area contributed by atoms with Gasteiger partial charge in [-0.25, -0.2) is 0 Å². The summed E-state index contributed by atoms with van der Waals surface area (Å²) >= 11 is 0. The molecule has 0 fully saturated rings. The second kappa shape index (κ2) is 12.1. The lowest BCUT2D eigenvalue weighted by molar-refractivity contribution is -0.130. The maximum atomic E-state index is 13.7. The first kappa shape index (κ1) is 25.8. The molecule has 8 nitrogen and oxygen atoms in total. The third kappa shape index (κ3) is 6.67. The fourth-order valence-corrected chi connectivity index (χ4v) is 4.84. The van der Waals surface area contributed by atoms with E-state index in [0.29, 0.717) is 19.4 Å². The monoisotopic (exact) mass is 499 g/mol. The molecule has 0 radical (unpaired) electrons. The van der Waals surface area contributed by atoms with Gasteiger partial charge in [0.05, 0.1) is 12.0 Å². The van der Waals surface area contributed by atoms with E-state index in [2.05, 4.69) is 15.6 Å². The molecule has 4 rings (SSSR count). The van der Waals surface area contributed by atoms with Crippen LogP contribution in [0.4, 0.5) is 0 Å². The molecule has 0 aliphatic heterocycles. The van der Waals surface area contributed by atoms with Crippen LogP contribution < -0.4 is 22.1 Å². The fourth-order valence-electron chi connectivity index (χ4n) is 4.84. The van der Waals surface area contributed by atoms with Gasteiger partial charge in [-0.2, -0.15) is 0 Å². The van der Waals surface area contributed by atoms with Gasteiger partial charge >= 0.3 is 0 Å². The van der Waals surface area contributed by atoms with Crippen molar-refractivity contribution < 1.29 is 14.7 Å². The molecule has 37 heavy (non-hydrogen) atoms. The Morgan fingerprint density at radius 2 is 1.59 bits per heavy atom. The summed E-state index contributed by atoms with van der Waals surface area (Å²) in [5.41, 5.74) is 14.6. The van der Waals surface area contributed by atoms with Gasteiger partial charge in [0, 0.05) is 6.54 Å². The smallest absolute Gasteiger partial charge is 0.243 e. The molecule has 1 aliphatic carbocycles. The zero-order valence-corrected chi connectivity index (χ0v) is 20.6. The van der Waals surface area contributed by atoms with Crippen molar-refractivity contribution in [2.24, 2.45) is 16.5 Å². The van der Waals surface area contributed by atoms with Crippen LogP contribution in [-0.2, 0) is 16.0 Å². The number of hydrogen-bond donors (Lipinski definition) is 5. The molecule has 7 N–H and O–H groups in total. The minimum atomic E-state index is -0.766. The lowest BCUT2D eigenvalue weighted by Crippen LogP contribution is -2.49. The molecule has 0 bridgehead atoms. The Kier molecular flexibility index (Phi) is 8.40. The standard InChI is InChI=1S/C29H33N5O3/c30-29(31)32-17-7-12-25(27(36)33-24-16-13-21-18-22(35)14-15-23(21)24)34-28(37)26(19-8-3-1-4-9-19)20-10-5-2-6-11-20/h1-6,8-11,14-15,18,24-26,35H,7,12-13,16-17H2,(H,33,36)(H,34,37)(H4,30,31,32)/t24-,25+/m0/s1. The number of aromatic hydroxyl groups is 1. The van der Waals surface area contributed by atoms with Gasteiger partial charge in [0.1, 0.15) is 11.8 Å². The molecule has 0 aromatic heterocycles. The summed E-state index contributed by atoms with van der Waals surface area (Å²) in [4.78, 5) is 31.2. The number of aliphatic imine (C=N–C) groups is 1. The Labute approximate surface area is 216 Å². The minimum absolute atomic E-state index is 0.0101. The van der Waals surface area contributed by atoms with Crippen LogP contribution in [0, 0.1) is 0 Å². The Balaban J connectivity index is 1.54. The molecule has 0 unspecified atom stereocenters. The van der Waals surface area contributed by atoms with Gasteiger partial charge < -0.3 is 27.2 Å². The number of nitrogens with zero attached hydrogens (tertiary/aromatic N) is 1. The molecule has 2 amide bonds. The van der Waals surface area contributed by atoms with Gasteiger partial charge in [-0.15, -0.1) is 0 Å². The van der Waals surface area contributed by atoms with Crippen molar-refractivity contribution >= 4 is 17.8 Å². The van der Waals surface area contributed by atoms with Crippen LogP contribution in [0.2, 0.25) is 0 Å². The van der Waals surface area contributed by atoms with E-state index in [1.165, 1.54) is 0 Å². The molecular weight excluding hydrogens is 466 g/mol. The molecule has 2 atom stereocenters. The van der Waals surface area contributed by atoms with Gasteiger partial charge in [0.2, 0.25) is 11.8 Å². The second-order valence-electron chi connectivity index (χ2n) is 9.25. The zero-order valence-electron chi connectivity index (χ0n) is 20.6. The van der Waals surface area contributed by atoms with Crippen LogP contribution >= 0.6 is 0 Å². The van der Waals surface area contributed by atoms with Crippen LogP contribution in [0.1, 0.15) is 53.5 Å². The van der Waals surface area contributed by atoms with Crippen LogP contribution in [0.15, 0.2) is 83.9 Å². The second-order valence-corrected chi connectivity index (χ2v) is 9.25. The van der Waals surface area contributed by atoms with Crippen molar-refractivity contribution in [3.63, 3.8) is 0 Å². The van der Waals surface area contributed by atoms with Crippen LogP contribution in [-0.4, -0.2) is 35.5 Å². The van der Waals surface area contributed by atoms with Crippen molar-refractivity contribution in [2.75, 3.05) is 6.54 Å². The van der Waals surface area contributed by atoms with Gasteiger partial charge in [-0.1, -0.05) is 66.7 Å². The number of guanidine groups is 1. The Hall–Kier alpha value is -4.33. The van der Waals surface area contributed by atoms with Crippen molar-refractivity contribution in [1.82, 2.24) is 10.6 Å². The minimum Gasteiger partial charge on any atom is -0.508 e. The first-order valence-corrected chi connectivity index (χ1v) is 12.5. The molecule has 3 aromatic rings. The molecular formula is C29H33N5O3. The largest absolute Gasteiger partial charge is 0.508 e. The average Bonchev–Trinajstić information content (AvgIpc) is 3.28. The highest BCUT2D eigenvalue weighted by Crippen LogP contribution is 2.33. The number of nitrogens with one attached hydrogen (secondary N) is 2. The predicted octanol–water partition coefficient (Wildman–Crippen LogP) is 2.87. The van der Waals surface area contributed by atoms with E-state index in [1.807, 2.05) is 66.7 Å². The van der Waals surface area contributed by atoms with Crippen LogP contribution in [0.25, 0.3) is 0 Å². The molecule has 3 aromatic carbocycles. The number of phenols is 1. The first-order chi connectivity index (χ1) is 17.9. The lowest BCUT2D eigenvalue weighted by atomic mass is 9.90. The zero-order chi connectivity index (χ0) is 26.2. The number of fused-ring (bicyclic) bond motifs is 1. The van der Waals surface area contributed by atoms with E-state index >= 15 is 0 Å². The predicted molar refractivity (Wildman–Crippen MR) is 144 cm³/mol. The summed E-state index contributed by atoms with van der Waals surface area (Å²) in [5, 5.41) is 15.9. The highest BCUT2D eigenvalue weighted by molar-refractivity contribution is 5.92. The maximum Gasteiger partial charge on any atom is 0.243 e.